The maximum atomic E-state index is 12.6. The molecule has 0 bridgehead atoms. The minimum Gasteiger partial charge on any atom is -0.462 e. The number of aliphatic hydroxyl groups excluding tert-OH is 1. The third-order valence-electron chi connectivity index (χ3n) is 9.38. The first-order valence-corrected chi connectivity index (χ1v) is 22.5. The van der Waals surface area contributed by atoms with Crippen LogP contribution in [0.2, 0.25) is 0 Å². The fourth-order valence-electron chi connectivity index (χ4n) is 6.21. The number of carbonyl (C=O) groups is 3. The number of Topliss-reactive ketones (excluding diaryl/α,β-unsaturated/α-hetero) is 1. The molecule has 1 unspecified atom stereocenters. The minimum atomic E-state index is -4.79. The maximum Gasteiger partial charge on any atom is 0.443 e. The number of carbonyl (C=O) groups excluding carboxylic acids is 3. The quantitative estimate of drug-likeness (QED) is 0.0271. The molecule has 302 valence electrons. The number of hydrogen-bond donors (Lipinski definition) is 4. The van der Waals surface area contributed by atoms with E-state index in [1.165, 1.54) is 128 Å². The minimum absolute atomic E-state index is 0.164. The highest BCUT2D eigenvalue weighted by Crippen LogP contribution is 2.51. The molecule has 0 spiro atoms. The second kappa shape index (κ2) is 35.8. The summed E-state index contributed by atoms with van der Waals surface area (Å²) < 4.78 is 16.0. The molecule has 0 amide bonds. The van der Waals surface area contributed by atoms with E-state index in [0.29, 0.717) is 12.8 Å². The monoisotopic (exact) mass is 750 g/mol. The van der Waals surface area contributed by atoms with Crippen molar-refractivity contribution < 1.29 is 48.4 Å². The Balaban J connectivity index is 4.35. The van der Waals surface area contributed by atoms with E-state index >= 15 is 0 Å². The number of rotatable bonds is 39. The van der Waals surface area contributed by atoms with E-state index in [4.69, 9.17) is 19.3 Å². The Morgan fingerprint density at radius 1 is 0.490 bits per heavy atom. The molecule has 51 heavy (non-hydrogen) atoms. The van der Waals surface area contributed by atoms with Crippen LogP contribution in [0.1, 0.15) is 206 Å². The summed E-state index contributed by atoms with van der Waals surface area (Å²) >= 11 is 0. The van der Waals surface area contributed by atoms with E-state index in [-0.39, 0.29) is 19.4 Å². The van der Waals surface area contributed by atoms with Crippen molar-refractivity contribution >= 4 is 25.7 Å². The zero-order chi connectivity index (χ0) is 37.8. The molecule has 0 aromatic carbocycles. The summed E-state index contributed by atoms with van der Waals surface area (Å²) in [4.78, 5) is 65.8. The average molecular weight is 750 g/mol. The molecule has 0 heterocycles. The van der Waals surface area contributed by atoms with Gasteiger partial charge in [0.2, 0.25) is 5.78 Å². The van der Waals surface area contributed by atoms with Crippen LogP contribution in [0.4, 0.5) is 0 Å². The number of unbranched alkanes of at least 4 members (excludes halogenated alkanes) is 26. The molecule has 0 aromatic heterocycles. The lowest BCUT2D eigenvalue weighted by atomic mass is 10.0. The smallest absolute Gasteiger partial charge is 0.443 e. The van der Waals surface area contributed by atoms with Crippen LogP contribution in [0.15, 0.2) is 0 Å². The molecule has 0 aliphatic rings. The highest BCUT2D eigenvalue weighted by atomic mass is 31.2. The number of hydrogen-bond acceptors (Lipinski definition) is 10. The van der Waals surface area contributed by atoms with Crippen molar-refractivity contribution in [1.82, 2.24) is 0 Å². The van der Waals surface area contributed by atoms with E-state index < -0.39 is 50.8 Å². The molecule has 0 rings (SSSR count). The van der Waals surface area contributed by atoms with Crippen LogP contribution in [0.3, 0.4) is 0 Å². The lowest BCUT2D eigenvalue weighted by Gasteiger charge is -2.21. The highest BCUT2D eigenvalue weighted by Gasteiger charge is 2.49. The van der Waals surface area contributed by atoms with E-state index in [2.05, 4.69) is 13.8 Å². The number of esters is 2. The molecule has 0 saturated heterocycles. The molecular weight excluding hydrogens is 671 g/mol. The van der Waals surface area contributed by atoms with Crippen LogP contribution in [0, 0.1) is 0 Å². The number of ketones is 1. The first-order valence-electron chi connectivity index (χ1n) is 20.8. The van der Waals surface area contributed by atoms with Crippen molar-refractivity contribution in [2.75, 3.05) is 19.8 Å². The summed E-state index contributed by atoms with van der Waals surface area (Å²) in [6.07, 6.45) is 33.0. The van der Waals surface area contributed by atoms with Crippen LogP contribution < -0.4 is 0 Å². The van der Waals surface area contributed by atoms with Gasteiger partial charge in [-0.25, -0.2) is 0 Å². The largest absolute Gasteiger partial charge is 0.462 e. The van der Waals surface area contributed by atoms with Crippen LogP contribution in [-0.2, 0) is 28.6 Å². The molecule has 2 atom stereocenters. The predicted octanol–water partition coefficient (Wildman–Crippen LogP) is 9.83. The Morgan fingerprint density at radius 3 is 1.16 bits per heavy atom. The lowest BCUT2D eigenvalue weighted by molar-refractivity contribution is -0.164. The van der Waals surface area contributed by atoms with Crippen LogP contribution in [0.25, 0.3) is 0 Å². The molecular formula is C40H78O10P+. The zero-order valence-corrected chi connectivity index (χ0v) is 33.6. The third-order valence-corrected chi connectivity index (χ3v) is 10.4. The Bertz CT molecular complexity index is 820. The van der Waals surface area contributed by atoms with Gasteiger partial charge in [0.25, 0.3) is 0 Å². The molecule has 0 saturated carbocycles. The topological polar surface area (TPSA) is 160 Å². The summed E-state index contributed by atoms with van der Waals surface area (Å²) in [5, 5.41) is 9.14. The molecule has 4 N–H and O–H groups in total. The molecule has 0 radical (unpaired) electrons. The molecule has 0 aliphatic carbocycles. The third kappa shape index (κ3) is 33.2. The molecule has 0 aromatic rings. The fourth-order valence-corrected chi connectivity index (χ4v) is 6.96. The first-order chi connectivity index (χ1) is 24.6. The summed E-state index contributed by atoms with van der Waals surface area (Å²) in [7, 11) is -4.79. The van der Waals surface area contributed by atoms with Crippen molar-refractivity contribution in [2.45, 2.75) is 218 Å². The SMILES string of the molecule is CCCCCCCCCCCCCCCCC(=O)OC[C@H](COC(C(=O)CO)[P+](O)(O)O)OC(=O)CCCCCCCCCCCCCCCC. The average Bonchev–Trinajstić information content (AvgIpc) is 3.10. The Hall–Kier alpha value is -1.16. The second-order valence-corrected chi connectivity index (χ2v) is 16.1. The Morgan fingerprint density at radius 2 is 0.824 bits per heavy atom. The summed E-state index contributed by atoms with van der Waals surface area (Å²) in [6.45, 7) is 2.54. The molecule has 10 nitrogen and oxygen atoms in total. The van der Waals surface area contributed by atoms with Crippen LogP contribution in [-0.4, -0.2) is 69.3 Å². The van der Waals surface area contributed by atoms with Gasteiger partial charge in [-0.1, -0.05) is 181 Å². The van der Waals surface area contributed by atoms with Crippen molar-refractivity contribution in [3.63, 3.8) is 0 Å². The number of ether oxygens (including phenoxy) is 3. The van der Waals surface area contributed by atoms with Gasteiger partial charge in [0.15, 0.2) is 6.10 Å². The van der Waals surface area contributed by atoms with Crippen molar-refractivity contribution in [1.29, 1.82) is 0 Å². The standard InChI is InChI=1S/C40H78O10P/c1-3-5-7-9-11-13-15-17-19-21-23-25-27-29-31-38(43)48-34-36(35-49-40(37(42)33-41)51(45,46)47)50-39(44)32-30-28-26-24-22-20-18-16-14-12-10-8-6-4-2/h36,40-41,45-47H,3-35H2,1-2H3/q+1/t36-,40?/m1/s1. The number of aliphatic hydroxyl groups is 1. The first kappa shape index (κ1) is 49.8. The van der Waals surface area contributed by atoms with Crippen molar-refractivity contribution in [3.05, 3.63) is 0 Å². The van der Waals surface area contributed by atoms with Gasteiger partial charge in [-0.15, -0.1) is 0 Å². The van der Waals surface area contributed by atoms with Crippen molar-refractivity contribution in [3.8, 4) is 0 Å². The van der Waals surface area contributed by atoms with Gasteiger partial charge in [-0.05, 0) is 12.8 Å². The maximum absolute atomic E-state index is 12.6. The summed E-state index contributed by atoms with van der Waals surface area (Å²) in [5.41, 5.74) is 0. The summed E-state index contributed by atoms with van der Waals surface area (Å²) in [5.74, 6) is -4.18. The predicted molar refractivity (Wildman–Crippen MR) is 206 cm³/mol. The van der Waals surface area contributed by atoms with E-state index in [0.717, 1.165) is 38.5 Å². The zero-order valence-electron chi connectivity index (χ0n) is 32.7. The van der Waals surface area contributed by atoms with Gasteiger partial charge in [-0.3, -0.25) is 14.4 Å². The Kier molecular flexibility index (Phi) is 35.0. The van der Waals surface area contributed by atoms with Crippen LogP contribution in [0.5, 0.6) is 0 Å². The van der Waals surface area contributed by atoms with Crippen LogP contribution >= 0.6 is 7.94 Å². The van der Waals surface area contributed by atoms with Gasteiger partial charge in [0, 0.05) is 12.8 Å². The van der Waals surface area contributed by atoms with Gasteiger partial charge in [0.1, 0.15) is 13.2 Å². The van der Waals surface area contributed by atoms with E-state index in [1.807, 2.05) is 0 Å². The highest BCUT2D eigenvalue weighted by molar-refractivity contribution is 7.60. The second-order valence-electron chi connectivity index (χ2n) is 14.4. The van der Waals surface area contributed by atoms with Gasteiger partial charge in [-0.2, -0.15) is 14.7 Å². The van der Waals surface area contributed by atoms with Gasteiger partial charge >= 0.3 is 25.7 Å². The Labute approximate surface area is 311 Å². The van der Waals surface area contributed by atoms with Gasteiger partial charge < -0.3 is 19.3 Å². The van der Waals surface area contributed by atoms with Crippen molar-refractivity contribution in [2.24, 2.45) is 0 Å². The van der Waals surface area contributed by atoms with Gasteiger partial charge in [0.05, 0.1) is 6.61 Å². The molecule has 0 aliphatic heterocycles. The normalized spacial score (nSPS) is 12.9. The molecule has 11 heteroatoms. The lowest BCUT2D eigenvalue weighted by Crippen LogP contribution is -2.36. The van der Waals surface area contributed by atoms with E-state index in [9.17, 15) is 29.1 Å². The van der Waals surface area contributed by atoms with E-state index in [1.54, 1.807) is 0 Å². The molecule has 0 fully saturated rings. The summed E-state index contributed by atoms with van der Waals surface area (Å²) in [6, 6.07) is 0. The fraction of sp³-hybridized carbons (Fsp3) is 0.925.